The third kappa shape index (κ3) is 3.45. The average Bonchev–Trinajstić information content (AvgIpc) is 2.63. The van der Waals surface area contributed by atoms with Crippen molar-refractivity contribution in [3.05, 3.63) is 29.8 Å². The van der Waals surface area contributed by atoms with Crippen LogP contribution >= 0.6 is 0 Å². The molecule has 1 heterocycles. The third-order valence-electron chi connectivity index (χ3n) is 2.79. The van der Waals surface area contributed by atoms with Gasteiger partial charge in [0.05, 0.1) is 11.6 Å². The highest BCUT2D eigenvalue weighted by atomic mass is 16.2. The number of rotatable bonds is 1. The van der Waals surface area contributed by atoms with Crippen LogP contribution in [0.25, 0.3) is 0 Å². The van der Waals surface area contributed by atoms with Crippen LogP contribution in [0.2, 0.25) is 0 Å². The van der Waals surface area contributed by atoms with Crippen molar-refractivity contribution < 1.29 is 9.59 Å². The minimum atomic E-state index is -0.327. The van der Waals surface area contributed by atoms with Crippen LogP contribution in [0.4, 0.5) is 10.5 Å². The van der Waals surface area contributed by atoms with Crippen LogP contribution in [-0.2, 0) is 4.79 Å². The SMILES string of the molecule is N#Cc1cccc(NC(=O)N2CCCNC(=O)C2)c1. The fraction of sp³-hybridized carbons (Fsp3) is 0.308. The molecule has 0 bridgehead atoms. The summed E-state index contributed by atoms with van der Waals surface area (Å²) in [6, 6.07) is 8.34. The van der Waals surface area contributed by atoms with Crippen LogP contribution < -0.4 is 10.6 Å². The van der Waals surface area contributed by atoms with E-state index in [0.29, 0.717) is 24.3 Å². The van der Waals surface area contributed by atoms with Crippen LogP contribution in [0.1, 0.15) is 12.0 Å². The molecule has 0 saturated carbocycles. The minimum Gasteiger partial charge on any atom is -0.354 e. The molecule has 1 saturated heterocycles. The van der Waals surface area contributed by atoms with Crippen molar-refractivity contribution in [3.63, 3.8) is 0 Å². The molecule has 0 unspecified atom stereocenters. The van der Waals surface area contributed by atoms with E-state index < -0.39 is 0 Å². The Morgan fingerprint density at radius 2 is 2.32 bits per heavy atom. The average molecular weight is 258 g/mol. The van der Waals surface area contributed by atoms with Crippen molar-refractivity contribution >= 4 is 17.6 Å². The highest BCUT2D eigenvalue weighted by molar-refractivity contribution is 5.92. The van der Waals surface area contributed by atoms with Gasteiger partial charge < -0.3 is 15.5 Å². The normalized spacial score (nSPS) is 15.1. The first-order valence-corrected chi connectivity index (χ1v) is 6.02. The zero-order valence-electron chi connectivity index (χ0n) is 10.3. The van der Waals surface area contributed by atoms with Gasteiger partial charge in [-0.2, -0.15) is 5.26 Å². The van der Waals surface area contributed by atoms with Gasteiger partial charge in [0, 0.05) is 18.8 Å². The van der Waals surface area contributed by atoms with Gasteiger partial charge in [0.15, 0.2) is 0 Å². The van der Waals surface area contributed by atoms with E-state index in [0.717, 1.165) is 6.42 Å². The molecule has 0 aromatic heterocycles. The summed E-state index contributed by atoms with van der Waals surface area (Å²) >= 11 is 0. The van der Waals surface area contributed by atoms with Gasteiger partial charge in [-0.15, -0.1) is 0 Å². The molecular weight excluding hydrogens is 244 g/mol. The predicted molar refractivity (Wildman–Crippen MR) is 69.4 cm³/mol. The van der Waals surface area contributed by atoms with Gasteiger partial charge in [0.25, 0.3) is 0 Å². The van der Waals surface area contributed by atoms with Gasteiger partial charge in [-0.05, 0) is 24.6 Å². The summed E-state index contributed by atoms with van der Waals surface area (Å²) in [6.45, 7) is 1.18. The van der Waals surface area contributed by atoms with Crippen molar-refractivity contribution in [1.82, 2.24) is 10.2 Å². The number of hydrogen-bond acceptors (Lipinski definition) is 3. The van der Waals surface area contributed by atoms with Crippen molar-refractivity contribution in [2.75, 3.05) is 25.0 Å². The Bertz CT molecular complexity index is 536. The Kier molecular flexibility index (Phi) is 3.98. The van der Waals surface area contributed by atoms with Gasteiger partial charge in [0.1, 0.15) is 6.54 Å². The number of amides is 3. The van der Waals surface area contributed by atoms with Crippen LogP contribution in [0.3, 0.4) is 0 Å². The zero-order chi connectivity index (χ0) is 13.7. The summed E-state index contributed by atoms with van der Waals surface area (Å²) in [5, 5.41) is 14.2. The summed E-state index contributed by atoms with van der Waals surface area (Å²) in [4.78, 5) is 24.9. The topological polar surface area (TPSA) is 85.2 Å². The van der Waals surface area contributed by atoms with Gasteiger partial charge in [-0.1, -0.05) is 6.07 Å². The van der Waals surface area contributed by atoms with Crippen molar-refractivity contribution in [2.45, 2.75) is 6.42 Å². The van der Waals surface area contributed by atoms with E-state index in [4.69, 9.17) is 5.26 Å². The van der Waals surface area contributed by atoms with Crippen LogP contribution in [0.15, 0.2) is 24.3 Å². The third-order valence-corrected chi connectivity index (χ3v) is 2.79. The molecule has 19 heavy (non-hydrogen) atoms. The molecule has 0 radical (unpaired) electrons. The fourth-order valence-corrected chi connectivity index (χ4v) is 1.85. The number of nitriles is 1. The predicted octanol–water partition coefficient (Wildman–Crippen LogP) is 0.912. The maximum atomic E-state index is 12.0. The van der Waals surface area contributed by atoms with Crippen molar-refractivity contribution in [1.29, 1.82) is 5.26 Å². The van der Waals surface area contributed by atoms with Gasteiger partial charge in [-0.25, -0.2) is 4.79 Å². The fourth-order valence-electron chi connectivity index (χ4n) is 1.85. The number of hydrogen-bond donors (Lipinski definition) is 2. The number of anilines is 1. The molecule has 3 amide bonds. The lowest BCUT2D eigenvalue weighted by atomic mass is 10.2. The lowest BCUT2D eigenvalue weighted by molar-refractivity contribution is -0.120. The Morgan fingerprint density at radius 3 is 3.11 bits per heavy atom. The van der Waals surface area contributed by atoms with Crippen molar-refractivity contribution in [3.8, 4) is 6.07 Å². The lowest BCUT2D eigenvalue weighted by Crippen LogP contribution is -2.39. The maximum absolute atomic E-state index is 12.0. The molecular formula is C13H14N4O2. The second-order valence-electron chi connectivity index (χ2n) is 4.25. The number of urea groups is 1. The van der Waals surface area contributed by atoms with Gasteiger partial charge in [0.2, 0.25) is 5.91 Å². The van der Waals surface area contributed by atoms with Crippen LogP contribution in [0, 0.1) is 11.3 Å². The molecule has 1 aliphatic rings. The quantitative estimate of drug-likeness (QED) is 0.785. The van der Waals surface area contributed by atoms with E-state index in [1.165, 1.54) is 4.90 Å². The number of carbonyl (C=O) groups is 2. The molecule has 0 spiro atoms. The van der Waals surface area contributed by atoms with Gasteiger partial charge >= 0.3 is 6.03 Å². The molecule has 6 nitrogen and oxygen atoms in total. The number of nitrogens with zero attached hydrogens (tertiary/aromatic N) is 2. The highest BCUT2D eigenvalue weighted by Crippen LogP contribution is 2.11. The second-order valence-corrected chi connectivity index (χ2v) is 4.25. The molecule has 2 rings (SSSR count). The van der Waals surface area contributed by atoms with Crippen LogP contribution in [0.5, 0.6) is 0 Å². The molecule has 1 aliphatic heterocycles. The molecule has 98 valence electrons. The first-order valence-electron chi connectivity index (χ1n) is 6.02. The molecule has 1 aromatic rings. The molecule has 6 heteroatoms. The maximum Gasteiger partial charge on any atom is 0.322 e. The Hall–Kier alpha value is -2.55. The van der Waals surface area contributed by atoms with Gasteiger partial charge in [-0.3, -0.25) is 4.79 Å². The standard InChI is InChI=1S/C13H14N4O2/c14-8-10-3-1-4-11(7-10)16-13(19)17-6-2-5-15-12(18)9-17/h1,3-4,7H,2,5-6,9H2,(H,15,18)(H,16,19). The second kappa shape index (κ2) is 5.87. The van der Waals surface area contributed by atoms with E-state index in [1.807, 2.05) is 6.07 Å². The molecule has 1 aromatic carbocycles. The van der Waals surface area contributed by atoms with E-state index in [2.05, 4.69) is 10.6 Å². The van der Waals surface area contributed by atoms with Crippen LogP contribution in [-0.4, -0.2) is 36.5 Å². The summed E-state index contributed by atoms with van der Waals surface area (Å²) in [5.74, 6) is -0.154. The molecule has 0 aliphatic carbocycles. The van der Waals surface area contributed by atoms with E-state index in [1.54, 1.807) is 24.3 Å². The minimum absolute atomic E-state index is 0.0593. The summed E-state index contributed by atoms with van der Waals surface area (Å²) < 4.78 is 0. The largest absolute Gasteiger partial charge is 0.354 e. The lowest BCUT2D eigenvalue weighted by Gasteiger charge is -2.19. The molecule has 0 atom stereocenters. The van der Waals surface area contributed by atoms with E-state index >= 15 is 0 Å². The number of carbonyl (C=O) groups excluding carboxylic acids is 2. The molecule has 1 fully saturated rings. The van der Waals surface area contributed by atoms with E-state index in [-0.39, 0.29) is 18.5 Å². The Balaban J connectivity index is 2.03. The summed E-state index contributed by atoms with van der Waals surface area (Å²) in [6.07, 6.45) is 0.734. The highest BCUT2D eigenvalue weighted by Gasteiger charge is 2.19. The zero-order valence-corrected chi connectivity index (χ0v) is 10.3. The first-order chi connectivity index (χ1) is 9.19. The first kappa shape index (κ1) is 12.9. The summed E-state index contributed by atoms with van der Waals surface area (Å²) in [5.41, 5.74) is 1.03. The summed E-state index contributed by atoms with van der Waals surface area (Å²) in [7, 11) is 0. The van der Waals surface area contributed by atoms with Crippen molar-refractivity contribution in [2.24, 2.45) is 0 Å². The Morgan fingerprint density at radius 1 is 1.47 bits per heavy atom. The Labute approximate surface area is 111 Å². The monoisotopic (exact) mass is 258 g/mol. The smallest absolute Gasteiger partial charge is 0.322 e. The van der Waals surface area contributed by atoms with E-state index in [9.17, 15) is 9.59 Å². The number of nitrogens with one attached hydrogen (secondary N) is 2. The molecule has 2 N–H and O–H groups in total. The number of benzene rings is 1.